The number of carbonyl (C=O) groups excluding carboxylic acids is 2. The molecule has 6 heteroatoms. The second-order valence-corrected chi connectivity index (χ2v) is 8.97. The third-order valence-electron chi connectivity index (χ3n) is 6.53. The zero-order valence-corrected chi connectivity index (χ0v) is 19.5. The number of likely N-dealkylation sites (tertiary alicyclic amines) is 1. The maximum atomic E-state index is 13.1. The molecule has 2 heterocycles. The molecule has 4 rings (SSSR count). The summed E-state index contributed by atoms with van der Waals surface area (Å²) in [5, 5.41) is 3.02. The molecule has 6 nitrogen and oxygen atoms in total. The van der Waals surface area contributed by atoms with Gasteiger partial charge in [-0.2, -0.15) is 0 Å². The number of piperidine rings is 1. The molecule has 3 aromatic rings. The maximum Gasteiger partial charge on any atom is 0.242 e. The Morgan fingerprint density at radius 1 is 1.03 bits per heavy atom. The first-order valence-electron chi connectivity index (χ1n) is 12.2. The van der Waals surface area contributed by atoms with E-state index in [1.165, 1.54) is 12.0 Å². The van der Waals surface area contributed by atoms with Gasteiger partial charge in [0, 0.05) is 32.0 Å². The van der Waals surface area contributed by atoms with Gasteiger partial charge in [0.1, 0.15) is 12.4 Å². The topological polar surface area (TPSA) is 67.2 Å². The van der Waals surface area contributed by atoms with Gasteiger partial charge in [-0.25, -0.2) is 4.98 Å². The van der Waals surface area contributed by atoms with Gasteiger partial charge < -0.3 is 14.8 Å². The number of benzene rings is 2. The van der Waals surface area contributed by atoms with Crippen LogP contribution in [0.1, 0.15) is 50.4 Å². The van der Waals surface area contributed by atoms with Gasteiger partial charge in [-0.1, -0.05) is 42.5 Å². The van der Waals surface area contributed by atoms with Gasteiger partial charge in [0.15, 0.2) is 0 Å². The van der Waals surface area contributed by atoms with Gasteiger partial charge in [0.25, 0.3) is 0 Å². The summed E-state index contributed by atoms with van der Waals surface area (Å²) in [5.41, 5.74) is 3.09. The first-order chi connectivity index (χ1) is 16.1. The van der Waals surface area contributed by atoms with Crippen molar-refractivity contribution in [2.75, 3.05) is 13.1 Å². The second kappa shape index (κ2) is 11.1. The van der Waals surface area contributed by atoms with Crippen LogP contribution in [0.15, 0.2) is 54.6 Å². The Kier molecular flexibility index (Phi) is 7.76. The summed E-state index contributed by atoms with van der Waals surface area (Å²) in [6.45, 7) is 3.92. The van der Waals surface area contributed by atoms with E-state index in [1.54, 1.807) is 0 Å². The lowest BCUT2D eigenvalue weighted by Crippen LogP contribution is -2.43. The Hall–Kier alpha value is -3.15. The molecule has 2 amide bonds. The Morgan fingerprint density at radius 2 is 1.82 bits per heavy atom. The predicted octanol–water partition coefficient (Wildman–Crippen LogP) is 4.12. The number of amides is 2. The largest absolute Gasteiger partial charge is 0.356 e. The van der Waals surface area contributed by atoms with Crippen LogP contribution >= 0.6 is 0 Å². The van der Waals surface area contributed by atoms with E-state index >= 15 is 0 Å². The summed E-state index contributed by atoms with van der Waals surface area (Å²) in [4.78, 5) is 32.1. The van der Waals surface area contributed by atoms with E-state index in [2.05, 4.69) is 16.8 Å². The van der Waals surface area contributed by atoms with Crippen LogP contribution in [0, 0.1) is 0 Å². The smallest absolute Gasteiger partial charge is 0.242 e. The monoisotopic (exact) mass is 446 g/mol. The minimum absolute atomic E-state index is 0.0709. The molecule has 0 aliphatic carbocycles. The summed E-state index contributed by atoms with van der Waals surface area (Å²) in [6.07, 6.45) is 6.10. The molecule has 1 N–H and O–H groups in total. The molecule has 0 radical (unpaired) electrons. The number of carbonyl (C=O) groups is 2. The third kappa shape index (κ3) is 6.01. The van der Waals surface area contributed by atoms with E-state index < -0.39 is 0 Å². The van der Waals surface area contributed by atoms with E-state index in [0.29, 0.717) is 25.6 Å². The number of aryl methyl sites for hydroxylation is 2. The minimum atomic E-state index is 0.0709. The Morgan fingerprint density at radius 3 is 2.64 bits per heavy atom. The van der Waals surface area contributed by atoms with Crippen molar-refractivity contribution in [1.82, 2.24) is 19.8 Å². The fourth-order valence-corrected chi connectivity index (χ4v) is 4.65. The average molecular weight is 447 g/mol. The van der Waals surface area contributed by atoms with E-state index in [-0.39, 0.29) is 11.8 Å². The highest BCUT2D eigenvalue weighted by Gasteiger charge is 2.24. The van der Waals surface area contributed by atoms with Crippen molar-refractivity contribution in [2.24, 2.45) is 0 Å². The number of para-hydroxylation sites is 2. The molecule has 1 fully saturated rings. The number of rotatable bonds is 9. The number of nitrogens with one attached hydrogen (secondary N) is 1. The molecule has 0 saturated carbocycles. The standard InChI is InChI=1S/C27H34N4O2/c1-21-10-7-8-19-30(21)27(33)20-31-24-14-6-5-13-23(24)29-25(31)15-9-18-28-26(32)17-16-22-11-3-2-4-12-22/h2-6,11-14,21H,7-10,15-20H2,1H3,(H,28,32). The fraction of sp³-hybridized carbons (Fsp3) is 0.444. The van der Waals surface area contributed by atoms with Gasteiger partial charge in [-0.3, -0.25) is 9.59 Å². The zero-order valence-electron chi connectivity index (χ0n) is 19.5. The molecule has 0 spiro atoms. The number of fused-ring (bicyclic) bond motifs is 1. The normalized spacial score (nSPS) is 16.2. The van der Waals surface area contributed by atoms with Crippen molar-refractivity contribution in [1.29, 1.82) is 0 Å². The Labute approximate surface area is 196 Å². The molecule has 1 aliphatic heterocycles. The summed E-state index contributed by atoms with van der Waals surface area (Å²) in [6, 6.07) is 18.4. The summed E-state index contributed by atoms with van der Waals surface area (Å²) in [7, 11) is 0. The van der Waals surface area contributed by atoms with Gasteiger partial charge >= 0.3 is 0 Å². The van der Waals surface area contributed by atoms with Crippen LogP contribution < -0.4 is 5.32 Å². The van der Waals surface area contributed by atoms with Crippen LogP contribution in [0.3, 0.4) is 0 Å². The quantitative estimate of drug-likeness (QED) is 0.503. The summed E-state index contributed by atoms with van der Waals surface area (Å²) >= 11 is 0. The third-order valence-corrected chi connectivity index (χ3v) is 6.53. The Balaban J connectivity index is 1.33. The van der Waals surface area contributed by atoms with Crippen molar-refractivity contribution in [2.45, 2.75) is 64.5 Å². The first-order valence-corrected chi connectivity index (χ1v) is 12.2. The molecule has 33 heavy (non-hydrogen) atoms. The highest BCUT2D eigenvalue weighted by atomic mass is 16.2. The molecule has 2 aromatic carbocycles. The fourth-order valence-electron chi connectivity index (χ4n) is 4.65. The van der Waals surface area contributed by atoms with E-state index in [1.807, 2.05) is 59.5 Å². The van der Waals surface area contributed by atoms with Crippen LogP contribution in [0.25, 0.3) is 11.0 Å². The van der Waals surface area contributed by atoms with Crippen LogP contribution in [-0.4, -0.2) is 45.4 Å². The summed E-state index contributed by atoms with van der Waals surface area (Å²) in [5.74, 6) is 1.15. The van der Waals surface area contributed by atoms with E-state index in [0.717, 1.165) is 55.5 Å². The van der Waals surface area contributed by atoms with Crippen molar-refractivity contribution in [3.05, 3.63) is 66.0 Å². The van der Waals surface area contributed by atoms with Gasteiger partial charge in [-0.05, 0) is 56.7 Å². The number of nitrogens with zero attached hydrogens (tertiary/aromatic N) is 3. The molecule has 1 unspecified atom stereocenters. The number of hydrogen-bond acceptors (Lipinski definition) is 3. The van der Waals surface area contributed by atoms with Crippen molar-refractivity contribution in [3.8, 4) is 0 Å². The van der Waals surface area contributed by atoms with Crippen molar-refractivity contribution in [3.63, 3.8) is 0 Å². The number of hydrogen-bond donors (Lipinski definition) is 1. The summed E-state index contributed by atoms with van der Waals surface area (Å²) < 4.78 is 2.07. The molecule has 174 valence electrons. The molecule has 1 aliphatic rings. The van der Waals surface area contributed by atoms with Crippen molar-refractivity contribution < 1.29 is 9.59 Å². The van der Waals surface area contributed by atoms with Crippen LogP contribution in [-0.2, 0) is 29.0 Å². The highest BCUT2D eigenvalue weighted by molar-refractivity contribution is 5.81. The minimum Gasteiger partial charge on any atom is -0.356 e. The van der Waals surface area contributed by atoms with Gasteiger partial charge in [0.2, 0.25) is 11.8 Å². The van der Waals surface area contributed by atoms with Crippen LogP contribution in [0.2, 0.25) is 0 Å². The first kappa shape index (κ1) is 23.0. The molecule has 1 aromatic heterocycles. The average Bonchev–Trinajstić information content (AvgIpc) is 3.18. The lowest BCUT2D eigenvalue weighted by atomic mass is 10.0. The maximum absolute atomic E-state index is 13.1. The lowest BCUT2D eigenvalue weighted by Gasteiger charge is -2.33. The van der Waals surface area contributed by atoms with Crippen molar-refractivity contribution >= 4 is 22.8 Å². The number of aromatic nitrogens is 2. The van der Waals surface area contributed by atoms with Gasteiger partial charge in [0.05, 0.1) is 11.0 Å². The SMILES string of the molecule is CC1CCCCN1C(=O)Cn1c(CCCNC(=O)CCc2ccccc2)nc2ccccc21. The molecule has 1 saturated heterocycles. The van der Waals surface area contributed by atoms with Crippen LogP contribution in [0.4, 0.5) is 0 Å². The predicted molar refractivity (Wildman–Crippen MR) is 131 cm³/mol. The van der Waals surface area contributed by atoms with E-state index in [4.69, 9.17) is 4.98 Å². The zero-order chi connectivity index (χ0) is 23.0. The van der Waals surface area contributed by atoms with E-state index in [9.17, 15) is 9.59 Å². The van der Waals surface area contributed by atoms with Gasteiger partial charge in [-0.15, -0.1) is 0 Å². The molecular weight excluding hydrogens is 412 g/mol. The molecular formula is C27H34N4O2. The lowest BCUT2D eigenvalue weighted by molar-refractivity contribution is -0.135. The molecule has 1 atom stereocenters. The molecule has 0 bridgehead atoms. The number of imidazole rings is 1. The van der Waals surface area contributed by atoms with Crippen LogP contribution in [0.5, 0.6) is 0 Å². The highest BCUT2D eigenvalue weighted by Crippen LogP contribution is 2.20. The Bertz CT molecular complexity index is 1080. The second-order valence-electron chi connectivity index (χ2n) is 8.97.